The van der Waals surface area contributed by atoms with Gasteiger partial charge in [0.25, 0.3) is 0 Å². The summed E-state index contributed by atoms with van der Waals surface area (Å²) in [5.41, 5.74) is 52.2. The van der Waals surface area contributed by atoms with E-state index in [4.69, 9.17) is 62.4 Å². The summed E-state index contributed by atoms with van der Waals surface area (Å²) in [4.78, 5) is 264. The number of carbonyl (C=O) groups is 19. The number of aliphatic hydroxyl groups excluding tert-OH is 2. The van der Waals surface area contributed by atoms with E-state index in [1.165, 1.54) is 38.1 Å². The lowest BCUT2D eigenvalue weighted by Crippen LogP contribution is -2.61. The third-order valence-corrected chi connectivity index (χ3v) is 22.3. The van der Waals surface area contributed by atoms with Gasteiger partial charge in [-0.2, -0.15) is 12.6 Å². The number of carboxylic acids is 1. The number of nitrogens with two attached hydrogens (primary N) is 9. The van der Waals surface area contributed by atoms with Crippen molar-refractivity contribution in [1.29, 1.82) is 10.8 Å². The molecule has 2 aromatic carbocycles. The van der Waals surface area contributed by atoms with Gasteiger partial charge in [0.1, 0.15) is 102 Å². The van der Waals surface area contributed by atoms with E-state index in [-0.39, 0.29) is 147 Å². The number of carbonyl (C=O) groups excluding carboxylic acids is 18. The lowest BCUT2D eigenvalue weighted by Gasteiger charge is -2.28. The first-order valence-corrected chi connectivity index (χ1v) is 47.8. The molecule has 0 aromatic heterocycles. The van der Waals surface area contributed by atoms with Gasteiger partial charge in [-0.05, 0) is 197 Å². The minimum Gasteiger partial charge on any atom is -0.508 e. The third-order valence-electron chi connectivity index (χ3n) is 21.9. The molecule has 42 N–H and O–H groups in total. The second-order valence-electron chi connectivity index (χ2n) is 35.1. The molecule has 0 radical (unpaired) electrons. The summed E-state index contributed by atoms with van der Waals surface area (Å²) < 4.78 is 0. The molecule has 0 unspecified atom stereocenters. The summed E-state index contributed by atoms with van der Waals surface area (Å²) in [7, 11) is 0. The van der Waals surface area contributed by atoms with Crippen molar-refractivity contribution in [2.45, 2.75) is 286 Å². The molecular weight excluding hydrogens is 1880 g/mol. The van der Waals surface area contributed by atoms with Gasteiger partial charge in [-0.3, -0.25) is 97.1 Å². The maximum Gasteiger partial charge on any atom is 0.326 e. The van der Waals surface area contributed by atoms with Gasteiger partial charge in [0.2, 0.25) is 106 Å². The number of hydrogen-bond donors (Lipinski definition) is 34. The van der Waals surface area contributed by atoms with Crippen molar-refractivity contribution >= 4 is 137 Å². The van der Waals surface area contributed by atoms with Crippen LogP contribution in [0.4, 0.5) is 0 Å². The highest BCUT2D eigenvalue weighted by molar-refractivity contribution is 7.80. The van der Waals surface area contributed by atoms with E-state index in [1.54, 1.807) is 58.0 Å². The second-order valence-corrected chi connectivity index (χ2v) is 35.4. The first-order chi connectivity index (χ1) is 67.1. The van der Waals surface area contributed by atoms with Crippen LogP contribution in [0.15, 0.2) is 54.6 Å². The van der Waals surface area contributed by atoms with Crippen molar-refractivity contribution in [2.24, 2.45) is 63.4 Å². The van der Waals surface area contributed by atoms with Gasteiger partial charge in [-0.15, -0.1) is 0 Å². The normalized spacial score (nSPS) is 14.7. The zero-order valence-corrected chi connectivity index (χ0v) is 82.2. The number of phenols is 1. The lowest BCUT2D eigenvalue weighted by atomic mass is 9.99. The number of carboxylic acid groups (broad SMARTS) is 1. The molecule has 796 valence electrons. The Morgan fingerprint density at radius 3 is 0.923 bits per heavy atom. The largest absolute Gasteiger partial charge is 0.508 e. The number of aliphatic carboxylic acids is 1. The molecule has 0 aliphatic rings. The zero-order valence-electron chi connectivity index (χ0n) is 81.3. The van der Waals surface area contributed by atoms with Gasteiger partial charge in [-0.1, -0.05) is 70.2 Å². The Kier molecular flexibility index (Phi) is 59.8. The Morgan fingerprint density at radius 2 is 0.585 bits per heavy atom. The minimum absolute atomic E-state index is 0.00739. The molecule has 17 atom stereocenters. The molecule has 18 amide bonds. The number of primary amides is 2. The van der Waals surface area contributed by atoms with E-state index in [1.807, 2.05) is 0 Å². The minimum atomic E-state index is -1.99. The van der Waals surface area contributed by atoms with Crippen molar-refractivity contribution in [3.63, 3.8) is 0 Å². The number of nitrogens with one attached hydrogen (secondary N) is 20. The van der Waals surface area contributed by atoms with Crippen LogP contribution in [0, 0.1) is 22.7 Å². The standard InChI is InChI=1S/C89H151N29O23S/c1-47(2)38-61(79(132)110-60(87(140)141)25-13-17-35-93)112-82(135)64(42-69(95)122)115-84(137)66(44-119)117-85(138)67(45-120)116-78(131)57(24-12-16-34-92)106-72(125)50(6)104-75(128)58(26-18-36-101-88(97)98)108-81(134)63(41-52-28-30-53(121)31-29-52)113-80(133)62(39-48(3)4)111-77(130)59(27-19-37-102-89(99)100)109-86(139)68(46-142)118-83(136)65(43-70(96)123)114-76(129)56(23-11-15-33-91)105-71(124)49(5)103-74(127)55(22-10-14-32-90)107-73(126)54(94)40-51-20-8-7-9-21-51/h7-9,20-21,28-31,47-50,54-68,119-121,142H,10-19,22-27,32-46,90-94H2,1-6H3,(H2,95,122)(H2,96,123)(H,103,127)(H,104,128)(H,105,124)(H,106,125)(H,107,126)(H,108,134)(H,109,139)(H,110,132)(H,111,130)(H,112,135)(H,113,133)(H,114,129)(H,115,137)(H,116,131)(H,117,138)(H,118,136)(H,140,141)(H4,97,98,101)(H4,99,100,102)/t49-,50-,54-,55-,56-,57-,58-,59-,60-,61-,62-,63-,64-,65-,66-,67-,68-/m0/s1. The van der Waals surface area contributed by atoms with Gasteiger partial charge >= 0.3 is 5.97 Å². The summed E-state index contributed by atoms with van der Waals surface area (Å²) in [5.74, 6) is -22.7. The Hall–Kier alpha value is -13.2. The molecule has 0 saturated carbocycles. The van der Waals surface area contributed by atoms with Crippen molar-refractivity contribution < 1.29 is 112 Å². The quantitative estimate of drug-likeness (QED) is 0.0127. The van der Waals surface area contributed by atoms with Gasteiger partial charge in [-0.25, -0.2) is 4.79 Å². The van der Waals surface area contributed by atoms with Crippen LogP contribution in [0.2, 0.25) is 0 Å². The molecule has 0 saturated heterocycles. The van der Waals surface area contributed by atoms with Crippen molar-refractivity contribution in [3.05, 3.63) is 65.7 Å². The van der Waals surface area contributed by atoms with Gasteiger partial charge in [0, 0.05) is 25.3 Å². The van der Waals surface area contributed by atoms with Crippen LogP contribution >= 0.6 is 12.6 Å². The number of amides is 18. The topological polar surface area (TPSA) is 904 Å². The van der Waals surface area contributed by atoms with E-state index in [2.05, 4.69) is 108 Å². The second kappa shape index (κ2) is 68.0. The fourth-order valence-electron chi connectivity index (χ4n) is 14.1. The van der Waals surface area contributed by atoms with Gasteiger partial charge < -0.3 is 168 Å². The fraction of sp³-hybridized carbons (Fsp3) is 0.629. The summed E-state index contributed by atoms with van der Waals surface area (Å²) >= 11 is 4.30. The number of guanidine groups is 2. The highest BCUT2D eigenvalue weighted by Gasteiger charge is 2.40. The molecule has 2 rings (SSSR count). The molecule has 0 aliphatic carbocycles. The van der Waals surface area contributed by atoms with Crippen LogP contribution in [0.1, 0.15) is 181 Å². The van der Waals surface area contributed by atoms with E-state index in [9.17, 15) is 112 Å². The zero-order chi connectivity index (χ0) is 107. The number of unbranched alkanes of at least 4 members (excludes halogenated alkanes) is 4. The first kappa shape index (κ1) is 125. The van der Waals surface area contributed by atoms with E-state index < -0.39 is 265 Å². The van der Waals surface area contributed by atoms with Crippen LogP contribution in [-0.4, -0.2) is 306 Å². The molecule has 2 aromatic rings. The Morgan fingerprint density at radius 1 is 0.317 bits per heavy atom. The maximum absolute atomic E-state index is 15.0. The molecule has 0 spiro atoms. The van der Waals surface area contributed by atoms with Crippen molar-refractivity contribution in [1.82, 2.24) is 95.7 Å². The van der Waals surface area contributed by atoms with Crippen LogP contribution in [-0.2, 0) is 104 Å². The van der Waals surface area contributed by atoms with E-state index >= 15 is 0 Å². The Labute approximate surface area is 829 Å². The fourth-order valence-corrected chi connectivity index (χ4v) is 14.4. The lowest BCUT2D eigenvalue weighted by molar-refractivity contribution is -0.143. The molecule has 0 bridgehead atoms. The van der Waals surface area contributed by atoms with Crippen molar-refractivity contribution in [2.75, 3.05) is 58.2 Å². The Bertz CT molecular complexity index is 4450. The van der Waals surface area contributed by atoms with Crippen LogP contribution in [0.25, 0.3) is 0 Å². The molecule has 0 aliphatic heterocycles. The molecule has 0 fully saturated rings. The summed E-state index contributed by atoms with van der Waals surface area (Å²) in [6.45, 7) is 7.50. The maximum atomic E-state index is 15.0. The van der Waals surface area contributed by atoms with Gasteiger partial charge in [0.05, 0.1) is 32.1 Å². The van der Waals surface area contributed by atoms with Crippen LogP contribution < -0.4 is 147 Å². The number of hydrogen-bond acceptors (Lipinski definition) is 30. The molecule has 142 heavy (non-hydrogen) atoms. The molecule has 0 heterocycles. The summed E-state index contributed by atoms with van der Waals surface area (Å²) in [5, 5.41) is 101. The predicted molar refractivity (Wildman–Crippen MR) is 524 cm³/mol. The molecular formula is C89H151N29O23S. The summed E-state index contributed by atoms with van der Waals surface area (Å²) in [6, 6.07) is -12.6. The molecule has 52 nitrogen and oxygen atoms in total. The van der Waals surface area contributed by atoms with Gasteiger partial charge in [0.15, 0.2) is 11.9 Å². The van der Waals surface area contributed by atoms with Crippen molar-refractivity contribution in [3.8, 4) is 5.75 Å². The number of phenolic OH excluding ortho intramolecular Hbond substituents is 1. The number of benzene rings is 2. The number of aliphatic hydroxyl groups is 2. The third kappa shape index (κ3) is 49.8. The number of aromatic hydroxyl groups is 1. The number of thiol groups is 1. The Balaban J connectivity index is 2.54. The smallest absolute Gasteiger partial charge is 0.326 e. The van der Waals surface area contributed by atoms with Crippen LogP contribution in [0.3, 0.4) is 0 Å². The SMILES string of the molecule is CC(C)C[C@H](NC(=O)[C@H](CC(N)=O)NC(=O)[C@H](CO)NC(=O)[C@H](CO)NC(=O)[C@H](CCCCN)NC(=O)[C@H](C)NC(=O)[C@H](CCCNC(=N)N)NC(=O)[C@H](Cc1ccc(O)cc1)NC(=O)[C@H](CC(C)C)NC(=O)[C@H](CCCNC(=N)N)NC(=O)[C@H](CS)NC(=O)[C@H](CC(N)=O)NC(=O)[C@H](CCCCN)NC(=O)[C@H](C)NC(=O)[C@H](CCCCN)NC(=O)[C@@H](N)Cc1ccccc1)C(=O)N[C@@H](CCCCN)C(=O)O. The average Bonchev–Trinajstić information content (AvgIpc) is 0.841. The molecule has 53 heteroatoms. The van der Waals surface area contributed by atoms with Crippen LogP contribution in [0.5, 0.6) is 5.75 Å². The summed E-state index contributed by atoms with van der Waals surface area (Å²) in [6.07, 6.45) is -0.388. The highest BCUT2D eigenvalue weighted by Crippen LogP contribution is 2.18. The average molecular weight is 2030 g/mol. The highest BCUT2D eigenvalue weighted by atomic mass is 32.1. The first-order valence-electron chi connectivity index (χ1n) is 47.2. The van der Waals surface area contributed by atoms with E-state index in [0.717, 1.165) is 5.56 Å². The monoisotopic (exact) mass is 2030 g/mol. The number of rotatable bonds is 72. The van der Waals surface area contributed by atoms with E-state index in [0.29, 0.717) is 37.7 Å². The predicted octanol–water partition coefficient (Wildman–Crippen LogP) is -9.81.